The number of carbonyl (C=O) groups is 3. The van der Waals surface area contributed by atoms with Crippen molar-refractivity contribution >= 4 is 41.3 Å². The SMILES string of the molecule is CCOc1cc(C=NNC(=O)c2cccc(NC(=O)c3ccc4c(c3)OCO4)c2)ccc1OC(=O)c1ccc(Cl)cc1. The normalized spacial score (nSPS) is 11.7. The predicted molar refractivity (Wildman–Crippen MR) is 156 cm³/mol. The maximum absolute atomic E-state index is 12.7. The Morgan fingerprint density at radius 2 is 1.62 bits per heavy atom. The van der Waals surface area contributed by atoms with Crippen LogP contribution in [-0.4, -0.2) is 37.4 Å². The number of benzene rings is 4. The van der Waals surface area contributed by atoms with Gasteiger partial charge in [-0.3, -0.25) is 9.59 Å². The molecule has 0 aromatic heterocycles. The van der Waals surface area contributed by atoms with Gasteiger partial charge >= 0.3 is 5.97 Å². The van der Waals surface area contributed by atoms with Crippen molar-refractivity contribution in [3.8, 4) is 23.0 Å². The summed E-state index contributed by atoms with van der Waals surface area (Å²) >= 11 is 5.88. The van der Waals surface area contributed by atoms with Crippen molar-refractivity contribution in [2.45, 2.75) is 6.92 Å². The van der Waals surface area contributed by atoms with Gasteiger partial charge in [-0.2, -0.15) is 5.10 Å². The lowest BCUT2D eigenvalue weighted by molar-refractivity contribution is 0.0728. The Labute approximate surface area is 245 Å². The molecule has 0 unspecified atom stereocenters. The molecule has 5 rings (SSSR count). The molecule has 1 heterocycles. The zero-order chi connectivity index (χ0) is 29.5. The Balaban J connectivity index is 1.21. The number of fused-ring (bicyclic) bond motifs is 1. The second kappa shape index (κ2) is 12.9. The van der Waals surface area contributed by atoms with Crippen LogP contribution in [0, 0.1) is 0 Å². The molecule has 0 spiro atoms. The molecule has 10 nitrogen and oxygen atoms in total. The van der Waals surface area contributed by atoms with Crippen LogP contribution in [0.1, 0.15) is 43.6 Å². The predicted octanol–water partition coefficient (Wildman–Crippen LogP) is 5.70. The van der Waals surface area contributed by atoms with Gasteiger partial charge in [-0.15, -0.1) is 0 Å². The number of amides is 2. The van der Waals surface area contributed by atoms with Crippen molar-refractivity contribution in [2.75, 3.05) is 18.7 Å². The minimum absolute atomic E-state index is 0.111. The van der Waals surface area contributed by atoms with Gasteiger partial charge in [0.2, 0.25) is 6.79 Å². The monoisotopic (exact) mass is 585 g/mol. The van der Waals surface area contributed by atoms with E-state index < -0.39 is 11.9 Å². The second-order valence-electron chi connectivity index (χ2n) is 8.84. The molecule has 42 heavy (non-hydrogen) atoms. The molecule has 2 N–H and O–H groups in total. The number of ether oxygens (including phenoxy) is 4. The van der Waals surface area contributed by atoms with Gasteiger partial charge in [-0.05, 0) is 91.3 Å². The van der Waals surface area contributed by atoms with Gasteiger partial charge in [0.15, 0.2) is 23.0 Å². The molecule has 0 radical (unpaired) electrons. The van der Waals surface area contributed by atoms with Gasteiger partial charge in [-0.25, -0.2) is 10.2 Å². The second-order valence-corrected chi connectivity index (χ2v) is 9.27. The maximum Gasteiger partial charge on any atom is 0.343 e. The first-order valence-electron chi connectivity index (χ1n) is 12.8. The summed E-state index contributed by atoms with van der Waals surface area (Å²) in [6.45, 7) is 2.25. The number of hydrogen-bond donors (Lipinski definition) is 2. The van der Waals surface area contributed by atoms with Crippen molar-refractivity contribution < 1.29 is 33.3 Å². The Morgan fingerprint density at radius 3 is 2.43 bits per heavy atom. The molecule has 0 fully saturated rings. The van der Waals surface area contributed by atoms with Crippen LogP contribution in [0.3, 0.4) is 0 Å². The topological polar surface area (TPSA) is 125 Å². The van der Waals surface area contributed by atoms with Gasteiger partial charge < -0.3 is 24.3 Å². The number of rotatable bonds is 9. The summed E-state index contributed by atoms with van der Waals surface area (Å²) in [5, 5.41) is 7.30. The lowest BCUT2D eigenvalue weighted by Gasteiger charge is -2.11. The van der Waals surface area contributed by atoms with E-state index in [1.165, 1.54) is 12.3 Å². The molecule has 0 aliphatic carbocycles. The molecule has 1 aliphatic rings. The van der Waals surface area contributed by atoms with E-state index in [1.807, 2.05) is 0 Å². The highest BCUT2D eigenvalue weighted by atomic mass is 35.5. The third-order valence-electron chi connectivity index (χ3n) is 5.95. The average molecular weight is 586 g/mol. The van der Waals surface area contributed by atoms with Gasteiger partial charge in [-0.1, -0.05) is 17.7 Å². The van der Waals surface area contributed by atoms with Crippen molar-refractivity contribution in [3.63, 3.8) is 0 Å². The van der Waals surface area contributed by atoms with Crippen LogP contribution >= 0.6 is 11.6 Å². The van der Waals surface area contributed by atoms with Crippen molar-refractivity contribution in [1.82, 2.24) is 5.43 Å². The number of esters is 1. The molecular formula is C31H24ClN3O7. The maximum atomic E-state index is 12.7. The number of hydrogen-bond acceptors (Lipinski definition) is 8. The van der Waals surface area contributed by atoms with Crippen LogP contribution in [0.2, 0.25) is 5.02 Å². The Morgan fingerprint density at radius 1 is 0.857 bits per heavy atom. The fraction of sp³-hybridized carbons (Fsp3) is 0.0968. The highest BCUT2D eigenvalue weighted by molar-refractivity contribution is 6.30. The molecule has 0 bridgehead atoms. The molecule has 2 amide bonds. The van der Waals surface area contributed by atoms with E-state index in [0.29, 0.717) is 51.3 Å². The van der Waals surface area contributed by atoms with Crippen LogP contribution in [0.25, 0.3) is 0 Å². The van der Waals surface area contributed by atoms with Gasteiger partial charge in [0.25, 0.3) is 11.8 Å². The Kier molecular flexibility index (Phi) is 8.64. The standard InChI is InChI=1S/C31H24ClN3O7/c1-2-39-27-14-19(6-12-26(27)42-31(38)20-7-10-23(32)11-8-20)17-33-35-30(37)21-4-3-5-24(15-21)34-29(36)22-9-13-25-28(16-22)41-18-40-25/h3-17H,2,18H2,1H3,(H,34,36)(H,35,37). The van der Waals surface area contributed by atoms with Crippen molar-refractivity contribution in [3.05, 3.63) is 112 Å². The zero-order valence-corrected chi connectivity index (χ0v) is 23.0. The van der Waals surface area contributed by atoms with Gasteiger partial charge in [0.1, 0.15) is 0 Å². The van der Waals surface area contributed by atoms with Crippen LogP contribution in [0.5, 0.6) is 23.0 Å². The van der Waals surface area contributed by atoms with E-state index in [1.54, 1.807) is 85.8 Å². The number of nitrogens with one attached hydrogen (secondary N) is 2. The number of anilines is 1. The third-order valence-corrected chi connectivity index (χ3v) is 6.20. The Bertz CT molecular complexity index is 1670. The molecule has 1 aliphatic heterocycles. The highest BCUT2D eigenvalue weighted by Gasteiger charge is 2.17. The molecular weight excluding hydrogens is 562 g/mol. The van der Waals surface area contributed by atoms with Gasteiger partial charge in [0, 0.05) is 21.8 Å². The van der Waals surface area contributed by atoms with E-state index in [0.717, 1.165) is 0 Å². The van der Waals surface area contributed by atoms with Crippen LogP contribution in [-0.2, 0) is 0 Å². The lowest BCUT2D eigenvalue weighted by atomic mass is 10.1. The van der Waals surface area contributed by atoms with Crippen LogP contribution < -0.4 is 29.7 Å². The zero-order valence-electron chi connectivity index (χ0n) is 22.3. The summed E-state index contributed by atoms with van der Waals surface area (Å²) in [5.74, 6) is 0.235. The first kappa shape index (κ1) is 28.2. The van der Waals surface area contributed by atoms with Crippen LogP contribution in [0.4, 0.5) is 5.69 Å². The summed E-state index contributed by atoms with van der Waals surface area (Å²) in [7, 11) is 0. The fourth-order valence-electron chi connectivity index (χ4n) is 3.91. The number of halogens is 1. The summed E-state index contributed by atoms with van der Waals surface area (Å²) < 4.78 is 21.7. The van der Waals surface area contributed by atoms with E-state index in [2.05, 4.69) is 15.8 Å². The summed E-state index contributed by atoms with van der Waals surface area (Å²) in [5.41, 5.74) is 4.50. The van der Waals surface area contributed by atoms with E-state index >= 15 is 0 Å². The molecule has 4 aromatic rings. The summed E-state index contributed by atoms with van der Waals surface area (Å²) in [6, 6.07) is 22.5. The minimum Gasteiger partial charge on any atom is -0.490 e. The molecule has 4 aromatic carbocycles. The summed E-state index contributed by atoms with van der Waals surface area (Å²) in [6.07, 6.45) is 1.43. The molecule has 212 valence electrons. The first-order chi connectivity index (χ1) is 20.4. The minimum atomic E-state index is -0.560. The molecule has 0 atom stereocenters. The number of nitrogens with zero attached hydrogens (tertiary/aromatic N) is 1. The molecule has 0 saturated carbocycles. The quantitative estimate of drug-likeness (QED) is 0.112. The molecule has 0 saturated heterocycles. The lowest BCUT2D eigenvalue weighted by Crippen LogP contribution is -2.18. The fourth-order valence-corrected chi connectivity index (χ4v) is 4.04. The Hall–Kier alpha value is -5.35. The van der Waals surface area contributed by atoms with Gasteiger partial charge in [0.05, 0.1) is 18.4 Å². The van der Waals surface area contributed by atoms with E-state index in [-0.39, 0.29) is 24.0 Å². The third kappa shape index (κ3) is 6.86. The average Bonchev–Trinajstić information content (AvgIpc) is 3.47. The van der Waals surface area contributed by atoms with Crippen molar-refractivity contribution in [2.24, 2.45) is 5.10 Å². The van der Waals surface area contributed by atoms with E-state index in [4.69, 9.17) is 30.5 Å². The first-order valence-corrected chi connectivity index (χ1v) is 13.2. The largest absolute Gasteiger partial charge is 0.490 e. The summed E-state index contributed by atoms with van der Waals surface area (Å²) in [4.78, 5) is 37.9. The van der Waals surface area contributed by atoms with Crippen molar-refractivity contribution in [1.29, 1.82) is 0 Å². The smallest absolute Gasteiger partial charge is 0.343 e. The van der Waals surface area contributed by atoms with Crippen LogP contribution in [0.15, 0.2) is 90.0 Å². The number of hydrazone groups is 1. The number of carbonyl (C=O) groups excluding carboxylic acids is 3. The molecule has 11 heteroatoms. The highest BCUT2D eigenvalue weighted by Crippen LogP contribution is 2.33. The van der Waals surface area contributed by atoms with E-state index in [9.17, 15) is 14.4 Å².